The first-order valence-electron chi connectivity index (χ1n) is 5.52. The largest absolute Gasteiger partial charge is 0.383 e. The molecule has 6 heteroatoms. The molecule has 0 aliphatic rings. The molecule has 4 nitrogen and oxygen atoms in total. The van der Waals surface area contributed by atoms with Crippen molar-refractivity contribution in [1.82, 2.24) is 5.32 Å². The number of amides is 1. The van der Waals surface area contributed by atoms with Gasteiger partial charge < -0.3 is 15.8 Å². The van der Waals surface area contributed by atoms with Gasteiger partial charge in [-0.05, 0) is 23.8 Å². The first-order chi connectivity index (χ1) is 8.63. The number of primary amides is 1. The lowest BCUT2D eigenvalue weighted by Gasteiger charge is -2.10. The molecule has 3 N–H and O–H groups in total. The minimum atomic E-state index is -0.326. The fraction of sp³-hybridized carbons (Fsp3) is 0.417. The number of ether oxygens (including phenoxy) is 1. The molecule has 0 spiro atoms. The molecule has 0 aliphatic heterocycles. The summed E-state index contributed by atoms with van der Waals surface area (Å²) >= 11 is 7.39. The number of carbonyl (C=O) groups is 1. The van der Waals surface area contributed by atoms with Crippen molar-refractivity contribution in [3.05, 3.63) is 28.8 Å². The van der Waals surface area contributed by atoms with Crippen LogP contribution in [-0.4, -0.2) is 31.9 Å². The topological polar surface area (TPSA) is 64.3 Å². The molecule has 18 heavy (non-hydrogen) atoms. The Bertz CT molecular complexity index is 402. The summed E-state index contributed by atoms with van der Waals surface area (Å²) in [5, 5.41) is 3.93. The zero-order valence-electron chi connectivity index (χ0n) is 10.2. The van der Waals surface area contributed by atoms with E-state index in [1.165, 1.54) is 11.8 Å². The van der Waals surface area contributed by atoms with E-state index in [0.717, 1.165) is 17.0 Å². The van der Waals surface area contributed by atoms with Crippen LogP contribution in [0.1, 0.15) is 5.56 Å². The third-order valence-corrected chi connectivity index (χ3v) is 3.56. The summed E-state index contributed by atoms with van der Waals surface area (Å²) in [5.74, 6) is -0.0552. The third-order valence-electron chi connectivity index (χ3n) is 2.19. The molecule has 1 aromatic carbocycles. The highest BCUT2D eigenvalue weighted by atomic mass is 35.5. The van der Waals surface area contributed by atoms with Gasteiger partial charge in [0.1, 0.15) is 0 Å². The van der Waals surface area contributed by atoms with Gasteiger partial charge in [0.25, 0.3) is 0 Å². The summed E-state index contributed by atoms with van der Waals surface area (Å²) in [6.07, 6.45) is 0. The predicted octanol–water partition coefficient (Wildman–Crippen LogP) is 1.65. The molecule has 0 fully saturated rings. The van der Waals surface area contributed by atoms with Gasteiger partial charge in [0.15, 0.2) is 0 Å². The molecule has 0 radical (unpaired) electrons. The molecular formula is C12H17ClN2O2S. The minimum absolute atomic E-state index is 0.271. The van der Waals surface area contributed by atoms with Gasteiger partial charge in [0.05, 0.1) is 12.4 Å². The Morgan fingerprint density at radius 1 is 1.56 bits per heavy atom. The van der Waals surface area contributed by atoms with Gasteiger partial charge in [-0.25, -0.2) is 0 Å². The maximum atomic E-state index is 10.8. The average molecular weight is 289 g/mol. The highest BCUT2D eigenvalue weighted by molar-refractivity contribution is 8.00. The molecule has 1 amide bonds. The summed E-state index contributed by atoms with van der Waals surface area (Å²) < 4.78 is 4.96. The number of nitrogens with two attached hydrogens (primary N) is 1. The van der Waals surface area contributed by atoms with Crippen LogP contribution < -0.4 is 11.1 Å². The molecule has 0 heterocycles. The van der Waals surface area contributed by atoms with Crippen molar-refractivity contribution in [2.75, 3.05) is 26.0 Å². The van der Waals surface area contributed by atoms with Gasteiger partial charge in [0, 0.05) is 30.1 Å². The van der Waals surface area contributed by atoms with Gasteiger partial charge in [-0.15, -0.1) is 11.8 Å². The molecule has 0 aromatic heterocycles. The number of hydrogen-bond acceptors (Lipinski definition) is 4. The first-order valence-corrected chi connectivity index (χ1v) is 6.89. The standard InChI is InChI=1S/C12H17ClN2O2S/c1-17-5-4-15-7-9-6-10(13)2-3-11(9)18-8-12(14)16/h2-3,6,15H,4-5,7-8H2,1H3,(H2,14,16). The summed E-state index contributed by atoms with van der Waals surface area (Å²) in [6, 6.07) is 5.61. The normalized spacial score (nSPS) is 10.6. The number of methoxy groups -OCH3 is 1. The van der Waals surface area contributed by atoms with Crippen molar-refractivity contribution in [2.24, 2.45) is 5.73 Å². The molecule has 1 rings (SSSR count). The molecule has 100 valence electrons. The number of rotatable bonds is 8. The average Bonchev–Trinajstić information content (AvgIpc) is 2.33. The third kappa shape index (κ3) is 5.73. The van der Waals surface area contributed by atoms with Crippen LogP contribution in [0.2, 0.25) is 5.02 Å². The summed E-state index contributed by atoms with van der Waals surface area (Å²) in [7, 11) is 1.66. The van der Waals surface area contributed by atoms with Crippen molar-refractivity contribution in [1.29, 1.82) is 0 Å². The van der Waals surface area contributed by atoms with E-state index >= 15 is 0 Å². The second-order valence-corrected chi connectivity index (χ2v) is 5.13. The molecule has 0 saturated heterocycles. The number of nitrogens with one attached hydrogen (secondary N) is 1. The Kier molecular flexibility index (Phi) is 7.12. The van der Waals surface area contributed by atoms with Crippen LogP contribution in [-0.2, 0) is 16.1 Å². The highest BCUT2D eigenvalue weighted by Gasteiger charge is 2.05. The van der Waals surface area contributed by atoms with E-state index in [1.54, 1.807) is 7.11 Å². The van der Waals surface area contributed by atoms with Crippen LogP contribution in [0.3, 0.4) is 0 Å². The summed E-state index contributed by atoms with van der Waals surface area (Å²) in [6.45, 7) is 2.11. The SMILES string of the molecule is COCCNCc1cc(Cl)ccc1SCC(N)=O. The zero-order valence-corrected chi connectivity index (χ0v) is 11.8. The van der Waals surface area contributed by atoms with Gasteiger partial charge >= 0.3 is 0 Å². The van der Waals surface area contributed by atoms with Crippen LogP contribution in [0.4, 0.5) is 0 Å². The van der Waals surface area contributed by atoms with E-state index in [4.69, 9.17) is 22.1 Å². The quantitative estimate of drug-likeness (QED) is 0.564. The zero-order chi connectivity index (χ0) is 13.4. The Labute approximate surface area is 116 Å². The first kappa shape index (κ1) is 15.3. The van der Waals surface area contributed by atoms with E-state index in [0.29, 0.717) is 18.2 Å². The van der Waals surface area contributed by atoms with Crippen LogP contribution >= 0.6 is 23.4 Å². The second-order valence-electron chi connectivity index (χ2n) is 3.68. The van der Waals surface area contributed by atoms with E-state index in [9.17, 15) is 4.79 Å². The number of benzene rings is 1. The summed E-state index contributed by atoms with van der Waals surface area (Å²) in [5.41, 5.74) is 6.20. The van der Waals surface area contributed by atoms with Crippen LogP contribution in [0.15, 0.2) is 23.1 Å². The van der Waals surface area contributed by atoms with Crippen LogP contribution in [0.5, 0.6) is 0 Å². The molecular weight excluding hydrogens is 272 g/mol. The molecule has 0 bridgehead atoms. The van der Waals surface area contributed by atoms with Crippen molar-refractivity contribution >= 4 is 29.3 Å². The van der Waals surface area contributed by atoms with E-state index in [-0.39, 0.29) is 11.7 Å². The van der Waals surface area contributed by atoms with Gasteiger partial charge in [0.2, 0.25) is 5.91 Å². The van der Waals surface area contributed by atoms with E-state index in [2.05, 4.69) is 5.32 Å². The molecule has 1 aromatic rings. The predicted molar refractivity (Wildman–Crippen MR) is 75.0 cm³/mol. The van der Waals surface area contributed by atoms with Crippen molar-refractivity contribution in [3.63, 3.8) is 0 Å². The van der Waals surface area contributed by atoms with Crippen molar-refractivity contribution in [2.45, 2.75) is 11.4 Å². The van der Waals surface area contributed by atoms with Gasteiger partial charge in [-0.3, -0.25) is 4.79 Å². The van der Waals surface area contributed by atoms with Gasteiger partial charge in [-0.1, -0.05) is 11.6 Å². The Hall–Kier alpha value is -0.750. The monoisotopic (exact) mass is 288 g/mol. The fourth-order valence-electron chi connectivity index (χ4n) is 1.37. The maximum Gasteiger partial charge on any atom is 0.227 e. The van der Waals surface area contributed by atoms with E-state index in [1.807, 2.05) is 18.2 Å². The molecule has 0 saturated carbocycles. The number of halogens is 1. The Balaban J connectivity index is 2.61. The lowest BCUT2D eigenvalue weighted by Crippen LogP contribution is -2.19. The number of carbonyl (C=O) groups excluding carboxylic acids is 1. The summed E-state index contributed by atoms with van der Waals surface area (Å²) in [4.78, 5) is 11.8. The number of thioether (sulfide) groups is 1. The number of hydrogen-bond donors (Lipinski definition) is 2. The van der Waals surface area contributed by atoms with Crippen LogP contribution in [0.25, 0.3) is 0 Å². The second kappa shape index (κ2) is 8.37. The van der Waals surface area contributed by atoms with Crippen molar-refractivity contribution in [3.8, 4) is 0 Å². The molecule has 0 atom stereocenters. The minimum Gasteiger partial charge on any atom is -0.383 e. The lowest BCUT2D eigenvalue weighted by atomic mass is 10.2. The Morgan fingerprint density at radius 2 is 2.33 bits per heavy atom. The van der Waals surface area contributed by atoms with E-state index < -0.39 is 0 Å². The Morgan fingerprint density at radius 3 is 3.00 bits per heavy atom. The highest BCUT2D eigenvalue weighted by Crippen LogP contribution is 2.25. The fourth-order valence-corrected chi connectivity index (χ4v) is 2.35. The van der Waals surface area contributed by atoms with Crippen LogP contribution in [0, 0.1) is 0 Å². The smallest absolute Gasteiger partial charge is 0.227 e. The molecule has 0 unspecified atom stereocenters. The van der Waals surface area contributed by atoms with Gasteiger partial charge in [-0.2, -0.15) is 0 Å². The molecule has 0 aliphatic carbocycles. The van der Waals surface area contributed by atoms with Crippen molar-refractivity contribution < 1.29 is 9.53 Å². The maximum absolute atomic E-state index is 10.8. The lowest BCUT2D eigenvalue weighted by molar-refractivity contribution is -0.115.